The third-order valence-corrected chi connectivity index (χ3v) is 9.55. The van der Waals surface area contributed by atoms with Crippen molar-refractivity contribution in [3.8, 4) is 17.9 Å². The highest BCUT2D eigenvalue weighted by Crippen LogP contribution is 2.50. The maximum atomic E-state index is 14.2. The fourth-order valence-corrected chi connectivity index (χ4v) is 7.51. The van der Waals surface area contributed by atoms with E-state index in [1.54, 1.807) is 6.07 Å². The Morgan fingerprint density at radius 3 is 2.58 bits per heavy atom. The summed E-state index contributed by atoms with van der Waals surface area (Å²) in [5, 5.41) is 10.4. The van der Waals surface area contributed by atoms with Gasteiger partial charge in [0.2, 0.25) is 0 Å². The minimum Gasteiger partial charge on any atom is -0.434 e. The highest BCUT2D eigenvalue weighted by Gasteiger charge is 2.49. The maximum absolute atomic E-state index is 14.2. The topological polar surface area (TPSA) is 85.2 Å². The van der Waals surface area contributed by atoms with E-state index in [4.69, 9.17) is 9.47 Å². The quantitative estimate of drug-likeness (QED) is 0.398. The van der Waals surface area contributed by atoms with Gasteiger partial charge in [-0.1, -0.05) is 12.0 Å². The van der Waals surface area contributed by atoms with Gasteiger partial charge in [-0.15, -0.1) is 5.92 Å². The van der Waals surface area contributed by atoms with Crippen molar-refractivity contribution < 1.29 is 14.3 Å². The molecule has 0 unspecified atom stereocenters. The van der Waals surface area contributed by atoms with E-state index in [0.29, 0.717) is 11.6 Å². The highest BCUT2D eigenvalue weighted by atomic mass is 16.5. The lowest BCUT2D eigenvalue weighted by Crippen LogP contribution is -2.49. The average Bonchev–Trinajstić information content (AvgIpc) is 3.41. The molecule has 3 aliphatic heterocycles. The summed E-state index contributed by atoms with van der Waals surface area (Å²) in [5.74, 6) is 6.51. The Labute approximate surface area is 235 Å². The molecule has 2 aromatic carbocycles. The number of nitrogens with zero attached hydrogens (tertiary/aromatic N) is 3. The molecule has 4 heterocycles. The number of morpholine rings is 1. The summed E-state index contributed by atoms with van der Waals surface area (Å²) in [5.41, 5.74) is 6.84. The summed E-state index contributed by atoms with van der Waals surface area (Å²) in [6, 6.07) is 12.8. The fourth-order valence-electron chi connectivity index (χ4n) is 7.51. The SMILES string of the molecule is CC#Cc1cc2c(cc1N1CCC(N3CCOCC3)CC1)C1(CC[OH+]CC1)c1[nH]c3cc(C#N)ccc3c1C2=O. The Bertz CT molecular complexity index is 1580. The predicted molar refractivity (Wildman–Crippen MR) is 155 cm³/mol. The second-order valence-electron chi connectivity index (χ2n) is 11.5. The highest BCUT2D eigenvalue weighted by molar-refractivity contribution is 6.20. The van der Waals surface area contributed by atoms with E-state index in [0.717, 1.165) is 123 Å². The Kier molecular flexibility index (Phi) is 6.40. The van der Waals surface area contributed by atoms with Crippen LogP contribution >= 0.6 is 0 Å². The van der Waals surface area contributed by atoms with Crippen LogP contribution in [0.3, 0.4) is 0 Å². The van der Waals surface area contributed by atoms with Gasteiger partial charge in [0, 0.05) is 72.8 Å². The smallest absolute Gasteiger partial charge is 0.195 e. The van der Waals surface area contributed by atoms with Gasteiger partial charge in [-0.05, 0) is 49.6 Å². The van der Waals surface area contributed by atoms with Crippen LogP contribution in [0.2, 0.25) is 0 Å². The number of fused-ring (bicyclic) bond motifs is 6. The zero-order valence-corrected chi connectivity index (χ0v) is 23.1. The molecule has 7 nitrogen and oxygen atoms in total. The second kappa shape index (κ2) is 10.1. The molecule has 7 rings (SSSR count). The van der Waals surface area contributed by atoms with Crippen LogP contribution in [0.15, 0.2) is 30.3 Å². The van der Waals surface area contributed by atoms with Crippen LogP contribution in [-0.2, 0) is 10.2 Å². The van der Waals surface area contributed by atoms with Gasteiger partial charge < -0.3 is 19.4 Å². The number of carbonyl (C=O) groups excluding carboxylic acids is 1. The van der Waals surface area contributed by atoms with Crippen LogP contribution in [-0.4, -0.2) is 79.1 Å². The molecule has 0 amide bonds. The number of hydrogen-bond donors (Lipinski definition) is 1. The van der Waals surface area contributed by atoms with Crippen LogP contribution in [0.1, 0.15) is 70.9 Å². The Morgan fingerprint density at radius 2 is 1.85 bits per heavy atom. The van der Waals surface area contributed by atoms with Crippen molar-refractivity contribution in [1.29, 1.82) is 5.26 Å². The standard InChI is InChI=1S/C33H34N4O3/c1-2-3-23-19-26-27(20-29(23)37-10-6-24(7-11-37)36-12-16-40-17-13-36)33(8-14-39-15-9-33)32-30(31(26)38)25-5-4-22(21-34)18-28(25)35-32/h4-5,18-20,24,35H,6-17H2,1H3/p+1. The lowest BCUT2D eigenvalue weighted by Gasteiger charge is -2.43. The first-order valence-corrected chi connectivity index (χ1v) is 14.6. The Balaban J connectivity index is 1.33. The third kappa shape index (κ3) is 3.96. The van der Waals surface area contributed by atoms with Crippen molar-refractivity contribution in [3.63, 3.8) is 0 Å². The first-order chi connectivity index (χ1) is 19.6. The van der Waals surface area contributed by atoms with Crippen LogP contribution in [0, 0.1) is 23.2 Å². The number of carbonyl (C=O) groups is 1. The number of aromatic nitrogens is 1. The summed E-state index contributed by atoms with van der Waals surface area (Å²) in [6.07, 6.45) is 3.95. The number of aliphatic hydroxyl groups is 2. The largest absolute Gasteiger partial charge is 0.434 e. The summed E-state index contributed by atoms with van der Waals surface area (Å²) in [7, 11) is 0. The van der Waals surface area contributed by atoms with Crippen LogP contribution in [0.5, 0.6) is 0 Å². The molecule has 0 bridgehead atoms. The first-order valence-electron chi connectivity index (χ1n) is 14.6. The molecule has 1 aliphatic carbocycles. The number of nitriles is 1. The molecule has 7 heteroatoms. The predicted octanol–water partition coefficient (Wildman–Crippen LogP) is 3.86. The zero-order valence-electron chi connectivity index (χ0n) is 23.1. The minimum atomic E-state index is -0.314. The number of aromatic amines is 1. The molecule has 0 atom stereocenters. The van der Waals surface area contributed by atoms with Crippen molar-refractivity contribution in [2.75, 3.05) is 57.5 Å². The average molecular weight is 536 g/mol. The molecule has 1 spiro atoms. The first kappa shape index (κ1) is 25.4. The van der Waals surface area contributed by atoms with E-state index in [1.165, 1.54) is 0 Å². The van der Waals surface area contributed by atoms with Gasteiger partial charge in [-0.25, -0.2) is 0 Å². The molecule has 2 N–H and O–H groups in total. The molecular formula is C33H35N4O3+. The Hall–Kier alpha value is -3.62. The molecule has 1 aromatic heterocycles. The van der Waals surface area contributed by atoms with Gasteiger partial charge in [0.25, 0.3) is 0 Å². The number of ether oxygens (including phenoxy) is 2. The van der Waals surface area contributed by atoms with E-state index in [9.17, 15) is 10.1 Å². The zero-order chi connectivity index (χ0) is 27.3. The van der Waals surface area contributed by atoms with Crippen LogP contribution in [0.4, 0.5) is 5.69 Å². The van der Waals surface area contributed by atoms with Crippen molar-refractivity contribution in [1.82, 2.24) is 9.88 Å². The van der Waals surface area contributed by atoms with E-state index in [2.05, 4.69) is 44.8 Å². The second-order valence-corrected chi connectivity index (χ2v) is 11.5. The van der Waals surface area contributed by atoms with Crippen molar-refractivity contribution in [3.05, 3.63) is 63.8 Å². The van der Waals surface area contributed by atoms with Gasteiger partial charge in [0.05, 0.1) is 41.5 Å². The molecule has 0 saturated carbocycles. The molecule has 3 fully saturated rings. The van der Waals surface area contributed by atoms with Gasteiger partial charge in [-0.2, -0.15) is 5.26 Å². The number of H-pyrrole nitrogens is 1. The van der Waals surface area contributed by atoms with Crippen molar-refractivity contribution in [2.45, 2.75) is 44.1 Å². The van der Waals surface area contributed by atoms with Crippen molar-refractivity contribution in [2.24, 2.45) is 0 Å². The lowest BCUT2D eigenvalue weighted by atomic mass is 9.64. The number of piperidine rings is 1. The van der Waals surface area contributed by atoms with E-state index < -0.39 is 0 Å². The number of nitrogens with one attached hydrogen (secondary N) is 1. The number of hydrogen-bond acceptors (Lipinski definition) is 5. The Morgan fingerprint density at radius 1 is 1.07 bits per heavy atom. The summed E-state index contributed by atoms with van der Waals surface area (Å²) < 4.78 is 10.3. The minimum absolute atomic E-state index is 0.0471. The number of rotatable bonds is 2. The molecule has 0 radical (unpaired) electrons. The fraction of sp³-hybridized carbons (Fsp3) is 0.455. The van der Waals surface area contributed by atoms with Gasteiger partial charge in [0.15, 0.2) is 5.78 Å². The molecule has 40 heavy (non-hydrogen) atoms. The van der Waals surface area contributed by atoms with Gasteiger partial charge >= 0.3 is 0 Å². The van der Waals surface area contributed by atoms with Crippen molar-refractivity contribution >= 4 is 22.4 Å². The maximum Gasteiger partial charge on any atom is 0.195 e. The van der Waals surface area contributed by atoms with E-state index in [1.807, 2.05) is 19.1 Å². The number of ketones is 1. The molecule has 3 saturated heterocycles. The molecule has 3 aromatic rings. The van der Waals surface area contributed by atoms with Crippen LogP contribution in [0.25, 0.3) is 10.9 Å². The van der Waals surface area contributed by atoms with E-state index >= 15 is 0 Å². The van der Waals surface area contributed by atoms with Gasteiger partial charge in [0.1, 0.15) is 13.2 Å². The number of anilines is 1. The normalized spacial score (nSPS) is 21.0. The lowest BCUT2D eigenvalue weighted by molar-refractivity contribution is -0.0816. The van der Waals surface area contributed by atoms with E-state index in [-0.39, 0.29) is 11.2 Å². The summed E-state index contributed by atoms with van der Waals surface area (Å²) >= 11 is 0. The van der Waals surface area contributed by atoms with Gasteiger partial charge in [-0.3, -0.25) is 9.69 Å². The number of benzene rings is 2. The summed E-state index contributed by atoms with van der Waals surface area (Å²) in [6.45, 7) is 9.06. The molecular weight excluding hydrogens is 500 g/mol. The third-order valence-electron chi connectivity index (χ3n) is 9.55. The summed E-state index contributed by atoms with van der Waals surface area (Å²) in [4.78, 5) is 23.0. The monoisotopic (exact) mass is 535 g/mol. The molecule has 204 valence electrons. The molecule has 4 aliphatic rings. The van der Waals surface area contributed by atoms with Crippen LogP contribution < -0.4 is 4.90 Å².